The van der Waals surface area contributed by atoms with Gasteiger partial charge < -0.3 is 15.0 Å². The minimum Gasteiger partial charge on any atom is -0.484 e. The summed E-state index contributed by atoms with van der Waals surface area (Å²) in [5, 5.41) is 2.78. The van der Waals surface area contributed by atoms with Crippen LogP contribution in [0.5, 0.6) is 5.75 Å². The van der Waals surface area contributed by atoms with Crippen LogP contribution >= 0.6 is 0 Å². The fourth-order valence-corrected chi connectivity index (χ4v) is 1.96. The quantitative estimate of drug-likeness (QED) is 0.839. The van der Waals surface area contributed by atoms with E-state index in [9.17, 15) is 9.59 Å². The van der Waals surface area contributed by atoms with Gasteiger partial charge in [-0.15, -0.1) is 0 Å². The molecule has 1 N–H and O–H groups in total. The molecule has 0 spiro atoms. The molecule has 0 heterocycles. The van der Waals surface area contributed by atoms with Crippen molar-refractivity contribution in [2.75, 3.05) is 19.7 Å². The third-order valence-corrected chi connectivity index (χ3v) is 3.36. The van der Waals surface area contributed by atoms with E-state index in [1.165, 1.54) is 10.5 Å². The standard InChI is InChI=1S/C17H26N2O3/c1-6-19(10-16(20)18-12(2)3)17(21)11-22-15-8-7-13(4)14(5)9-15/h7-9,12H,6,10-11H2,1-5H3,(H,18,20). The topological polar surface area (TPSA) is 58.6 Å². The zero-order valence-corrected chi connectivity index (χ0v) is 14.1. The van der Waals surface area contributed by atoms with Crippen LogP contribution in [-0.2, 0) is 9.59 Å². The Balaban J connectivity index is 2.54. The molecule has 0 saturated carbocycles. The van der Waals surface area contributed by atoms with Crippen molar-refractivity contribution in [1.82, 2.24) is 10.2 Å². The molecule has 5 heteroatoms. The van der Waals surface area contributed by atoms with Crippen LogP contribution in [0.3, 0.4) is 0 Å². The molecular weight excluding hydrogens is 280 g/mol. The summed E-state index contributed by atoms with van der Waals surface area (Å²) in [6.45, 7) is 10.1. The number of nitrogens with one attached hydrogen (secondary N) is 1. The molecule has 0 atom stereocenters. The van der Waals surface area contributed by atoms with Gasteiger partial charge in [-0.3, -0.25) is 9.59 Å². The maximum absolute atomic E-state index is 12.1. The molecule has 122 valence electrons. The number of aryl methyl sites for hydroxylation is 2. The van der Waals surface area contributed by atoms with Crippen molar-refractivity contribution in [3.8, 4) is 5.75 Å². The van der Waals surface area contributed by atoms with E-state index in [0.29, 0.717) is 12.3 Å². The molecule has 0 saturated heterocycles. The second-order valence-corrected chi connectivity index (χ2v) is 5.66. The summed E-state index contributed by atoms with van der Waals surface area (Å²) in [5.74, 6) is 0.315. The van der Waals surface area contributed by atoms with Gasteiger partial charge in [-0.1, -0.05) is 6.07 Å². The van der Waals surface area contributed by atoms with Gasteiger partial charge in [-0.05, 0) is 57.9 Å². The Bertz CT molecular complexity index is 527. The van der Waals surface area contributed by atoms with Crippen LogP contribution in [0.2, 0.25) is 0 Å². The number of amides is 2. The van der Waals surface area contributed by atoms with E-state index in [1.54, 1.807) is 0 Å². The van der Waals surface area contributed by atoms with Gasteiger partial charge in [0.2, 0.25) is 5.91 Å². The molecule has 2 amide bonds. The van der Waals surface area contributed by atoms with Gasteiger partial charge in [0.05, 0.1) is 6.54 Å². The first-order valence-corrected chi connectivity index (χ1v) is 7.60. The summed E-state index contributed by atoms with van der Waals surface area (Å²) in [5.41, 5.74) is 2.30. The second kappa shape index (κ2) is 8.41. The monoisotopic (exact) mass is 306 g/mol. The maximum atomic E-state index is 12.1. The van der Waals surface area contributed by atoms with Crippen molar-refractivity contribution in [3.05, 3.63) is 29.3 Å². The van der Waals surface area contributed by atoms with Crippen molar-refractivity contribution < 1.29 is 14.3 Å². The zero-order valence-electron chi connectivity index (χ0n) is 14.1. The summed E-state index contributed by atoms with van der Waals surface area (Å²) < 4.78 is 5.53. The van der Waals surface area contributed by atoms with E-state index in [0.717, 1.165) is 5.56 Å². The van der Waals surface area contributed by atoms with Crippen LogP contribution < -0.4 is 10.1 Å². The SMILES string of the molecule is CCN(CC(=O)NC(C)C)C(=O)COc1ccc(C)c(C)c1. The normalized spacial score (nSPS) is 10.5. The Morgan fingerprint density at radius 1 is 1.23 bits per heavy atom. The third kappa shape index (κ3) is 5.76. The molecule has 1 aromatic carbocycles. The number of carbonyl (C=O) groups excluding carboxylic acids is 2. The Labute approximate surface area is 132 Å². The number of carbonyl (C=O) groups is 2. The number of ether oxygens (including phenoxy) is 1. The van der Waals surface area contributed by atoms with Crippen LogP contribution in [0.1, 0.15) is 31.9 Å². The smallest absolute Gasteiger partial charge is 0.260 e. The minimum absolute atomic E-state index is 0.0593. The lowest BCUT2D eigenvalue weighted by Crippen LogP contribution is -2.44. The highest BCUT2D eigenvalue weighted by atomic mass is 16.5. The number of benzene rings is 1. The number of hydrogen-bond donors (Lipinski definition) is 1. The highest BCUT2D eigenvalue weighted by Crippen LogP contribution is 2.16. The van der Waals surface area contributed by atoms with Crippen LogP contribution in [0.4, 0.5) is 0 Å². The second-order valence-electron chi connectivity index (χ2n) is 5.66. The molecule has 5 nitrogen and oxygen atoms in total. The Morgan fingerprint density at radius 3 is 2.45 bits per heavy atom. The summed E-state index contributed by atoms with van der Waals surface area (Å²) in [7, 11) is 0. The van der Waals surface area contributed by atoms with Gasteiger partial charge in [0.1, 0.15) is 5.75 Å². The van der Waals surface area contributed by atoms with E-state index < -0.39 is 0 Å². The van der Waals surface area contributed by atoms with E-state index >= 15 is 0 Å². The van der Waals surface area contributed by atoms with E-state index in [2.05, 4.69) is 5.32 Å². The van der Waals surface area contributed by atoms with Gasteiger partial charge in [-0.25, -0.2) is 0 Å². The molecule has 22 heavy (non-hydrogen) atoms. The van der Waals surface area contributed by atoms with Crippen molar-refractivity contribution >= 4 is 11.8 Å². The van der Waals surface area contributed by atoms with Gasteiger partial charge >= 0.3 is 0 Å². The molecule has 0 radical (unpaired) electrons. The molecule has 0 aromatic heterocycles. The molecule has 0 aliphatic heterocycles. The number of rotatable bonds is 7. The van der Waals surface area contributed by atoms with E-state index in [4.69, 9.17) is 4.74 Å². The fourth-order valence-electron chi connectivity index (χ4n) is 1.96. The third-order valence-electron chi connectivity index (χ3n) is 3.36. The van der Waals surface area contributed by atoms with Crippen molar-refractivity contribution in [3.63, 3.8) is 0 Å². The average molecular weight is 306 g/mol. The van der Waals surface area contributed by atoms with Gasteiger partial charge in [0, 0.05) is 12.6 Å². The molecule has 0 fully saturated rings. The number of hydrogen-bond acceptors (Lipinski definition) is 3. The molecule has 1 rings (SSSR count). The van der Waals surface area contributed by atoms with Crippen LogP contribution in [0, 0.1) is 13.8 Å². The maximum Gasteiger partial charge on any atom is 0.260 e. The summed E-state index contributed by atoms with van der Waals surface area (Å²) >= 11 is 0. The van der Waals surface area contributed by atoms with Crippen LogP contribution in [0.25, 0.3) is 0 Å². The Hall–Kier alpha value is -2.04. The van der Waals surface area contributed by atoms with Gasteiger partial charge in [0.15, 0.2) is 6.61 Å². The number of nitrogens with zero attached hydrogens (tertiary/aromatic N) is 1. The molecule has 1 aromatic rings. The number of likely N-dealkylation sites (N-methyl/N-ethyl adjacent to an activating group) is 1. The lowest BCUT2D eigenvalue weighted by molar-refractivity contribution is -0.137. The molecule has 0 unspecified atom stereocenters. The lowest BCUT2D eigenvalue weighted by Gasteiger charge is -2.21. The van der Waals surface area contributed by atoms with Crippen molar-refractivity contribution in [2.45, 2.75) is 40.7 Å². The lowest BCUT2D eigenvalue weighted by atomic mass is 10.1. The highest BCUT2D eigenvalue weighted by Gasteiger charge is 2.16. The Kier molecular flexibility index (Phi) is 6.89. The van der Waals surface area contributed by atoms with E-state index in [-0.39, 0.29) is 31.0 Å². The van der Waals surface area contributed by atoms with Gasteiger partial charge in [-0.2, -0.15) is 0 Å². The molecule has 0 bridgehead atoms. The summed E-state index contributed by atoms with van der Waals surface area (Å²) in [6.07, 6.45) is 0. The predicted molar refractivity (Wildman–Crippen MR) is 86.9 cm³/mol. The molecule has 0 aliphatic rings. The Morgan fingerprint density at radius 2 is 1.91 bits per heavy atom. The summed E-state index contributed by atoms with van der Waals surface area (Å²) in [6, 6.07) is 5.78. The summed E-state index contributed by atoms with van der Waals surface area (Å²) in [4.78, 5) is 25.4. The molecule has 0 aliphatic carbocycles. The minimum atomic E-state index is -0.195. The fraction of sp³-hybridized carbons (Fsp3) is 0.529. The zero-order chi connectivity index (χ0) is 16.7. The van der Waals surface area contributed by atoms with Crippen LogP contribution in [-0.4, -0.2) is 42.5 Å². The highest BCUT2D eigenvalue weighted by molar-refractivity contribution is 5.85. The predicted octanol–water partition coefficient (Wildman–Crippen LogP) is 2.06. The first-order valence-electron chi connectivity index (χ1n) is 7.60. The molecular formula is C17H26N2O3. The van der Waals surface area contributed by atoms with Crippen LogP contribution in [0.15, 0.2) is 18.2 Å². The van der Waals surface area contributed by atoms with Crippen molar-refractivity contribution in [2.24, 2.45) is 0 Å². The first kappa shape index (κ1) is 18.0. The largest absolute Gasteiger partial charge is 0.484 e. The average Bonchev–Trinajstić information content (AvgIpc) is 2.44. The van der Waals surface area contributed by atoms with E-state index in [1.807, 2.05) is 52.8 Å². The van der Waals surface area contributed by atoms with Gasteiger partial charge in [0.25, 0.3) is 5.91 Å². The first-order chi connectivity index (χ1) is 10.3. The van der Waals surface area contributed by atoms with Crippen molar-refractivity contribution in [1.29, 1.82) is 0 Å².